The average Bonchev–Trinajstić information content (AvgIpc) is 2.88. The van der Waals surface area contributed by atoms with Crippen LogP contribution in [0.4, 0.5) is 5.69 Å². The molecule has 0 aliphatic rings. The number of anilines is 1. The lowest BCUT2D eigenvalue weighted by atomic mass is 10.2. The Balaban J connectivity index is 2.18. The van der Waals surface area contributed by atoms with Crippen molar-refractivity contribution < 1.29 is 4.79 Å². The Hall–Kier alpha value is -1.88. The Morgan fingerprint density at radius 1 is 1.50 bits per heavy atom. The van der Waals surface area contributed by atoms with Gasteiger partial charge in [-0.2, -0.15) is 0 Å². The number of hydrogen-bond donors (Lipinski definition) is 1. The fourth-order valence-corrected chi connectivity index (χ4v) is 2.39. The lowest BCUT2D eigenvalue weighted by Gasteiger charge is -2.20. The van der Waals surface area contributed by atoms with Crippen LogP contribution in [0.25, 0.3) is 0 Å². The van der Waals surface area contributed by atoms with Gasteiger partial charge in [0.2, 0.25) is 0 Å². The third kappa shape index (κ3) is 2.68. The zero-order chi connectivity index (χ0) is 13.0. The Kier molecular flexibility index (Phi) is 3.94. The lowest BCUT2D eigenvalue weighted by molar-refractivity contribution is 0.0755. The van der Waals surface area contributed by atoms with E-state index in [9.17, 15) is 4.79 Å². The van der Waals surface area contributed by atoms with Gasteiger partial charge < -0.3 is 10.6 Å². The predicted molar refractivity (Wildman–Crippen MR) is 73.4 cm³/mol. The molecule has 94 valence electrons. The molecule has 2 rings (SSSR count). The summed E-state index contributed by atoms with van der Waals surface area (Å²) >= 11 is 1.64. The third-order valence-corrected chi connectivity index (χ3v) is 3.54. The van der Waals surface area contributed by atoms with E-state index in [-0.39, 0.29) is 5.91 Å². The molecule has 0 aliphatic heterocycles. The smallest absolute Gasteiger partial charge is 0.257 e. The Labute approximate surface area is 110 Å². The summed E-state index contributed by atoms with van der Waals surface area (Å²) in [5.74, 6) is -0.0727. The van der Waals surface area contributed by atoms with Gasteiger partial charge in [-0.25, -0.2) is 0 Å². The molecule has 0 aromatic carbocycles. The second kappa shape index (κ2) is 5.64. The molecule has 2 heterocycles. The minimum absolute atomic E-state index is 0.0727. The average molecular weight is 261 g/mol. The van der Waals surface area contributed by atoms with E-state index >= 15 is 0 Å². The SMILES string of the molecule is CCN(Cc1cccs1)C(=O)c1cnccc1N. The standard InChI is InChI=1S/C13H15N3OS/c1-2-16(9-10-4-3-7-18-10)13(17)11-8-15-6-5-12(11)14/h3-8H,2,9H2,1H3,(H2,14,15). The Bertz CT molecular complexity index is 525. The molecule has 0 atom stereocenters. The normalized spacial score (nSPS) is 10.3. The minimum Gasteiger partial charge on any atom is -0.398 e. The molecule has 4 nitrogen and oxygen atoms in total. The highest BCUT2D eigenvalue weighted by Gasteiger charge is 2.17. The first-order valence-corrected chi connectivity index (χ1v) is 6.61. The molecule has 0 bridgehead atoms. The van der Waals surface area contributed by atoms with Gasteiger partial charge in [-0.1, -0.05) is 6.07 Å². The maximum Gasteiger partial charge on any atom is 0.257 e. The number of nitrogen functional groups attached to an aromatic ring is 1. The Morgan fingerprint density at radius 2 is 2.33 bits per heavy atom. The van der Waals surface area contributed by atoms with Gasteiger partial charge in [-0.3, -0.25) is 9.78 Å². The Morgan fingerprint density at radius 3 is 2.94 bits per heavy atom. The van der Waals surface area contributed by atoms with Crippen LogP contribution in [0.15, 0.2) is 36.0 Å². The molecule has 2 aromatic rings. The monoisotopic (exact) mass is 261 g/mol. The van der Waals surface area contributed by atoms with Crippen molar-refractivity contribution in [1.29, 1.82) is 0 Å². The molecule has 0 fully saturated rings. The second-order valence-corrected chi connectivity index (χ2v) is 4.89. The van der Waals surface area contributed by atoms with Crippen LogP contribution in [0.3, 0.4) is 0 Å². The number of carbonyl (C=O) groups is 1. The minimum atomic E-state index is -0.0727. The molecule has 18 heavy (non-hydrogen) atoms. The van der Waals surface area contributed by atoms with E-state index in [1.165, 1.54) is 6.20 Å². The van der Waals surface area contributed by atoms with Gasteiger partial charge in [0.05, 0.1) is 12.1 Å². The first-order valence-electron chi connectivity index (χ1n) is 5.73. The van der Waals surface area contributed by atoms with E-state index in [0.29, 0.717) is 24.3 Å². The molecule has 2 N–H and O–H groups in total. The van der Waals surface area contributed by atoms with Crippen LogP contribution in [0.2, 0.25) is 0 Å². The van der Waals surface area contributed by atoms with Gasteiger partial charge in [0.1, 0.15) is 0 Å². The molecule has 0 saturated heterocycles. The summed E-state index contributed by atoms with van der Waals surface area (Å²) in [5, 5.41) is 2.01. The van der Waals surface area contributed by atoms with Crippen LogP contribution in [-0.4, -0.2) is 22.3 Å². The van der Waals surface area contributed by atoms with E-state index in [0.717, 1.165) is 4.88 Å². The first-order chi connectivity index (χ1) is 8.72. The van der Waals surface area contributed by atoms with Gasteiger partial charge >= 0.3 is 0 Å². The maximum absolute atomic E-state index is 12.3. The highest BCUT2D eigenvalue weighted by Crippen LogP contribution is 2.16. The van der Waals surface area contributed by atoms with Crippen molar-refractivity contribution in [1.82, 2.24) is 9.88 Å². The number of carbonyl (C=O) groups excluding carboxylic acids is 1. The third-order valence-electron chi connectivity index (χ3n) is 2.68. The molecular weight excluding hydrogens is 246 g/mol. The van der Waals surface area contributed by atoms with Crippen LogP contribution >= 0.6 is 11.3 Å². The van der Waals surface area contributed by atoms with Crippen molar-refractivity contribution in [3.8, 4) is 0 Å². The number of hydrogen-bond acceptors (Lipinski definition) is 4. The number of nitrogens with zero attached hydrogens (tertiary/aromatic N) is 2. The van der Waals surface area contributed by atoms with Gasteiger partial charge in [0, 0.05) is 29.5 Å². The van der Waals surface area contributed by atoms with Crippen molar-refractivity contribution in [2.24, 2.45) is 0 Å². The van der Waals surface area contributed by atoms with Gasteiger partial charge in [0.25, 0.3) is 5.91 Å². The fraction of sp³-hybridized carbons (Fsp3) is 0.231. The predicted octanol–water partition coefficient (Wildman–Crippen LogP) is 2.39. The van der Waals surface area contributed by atoms with E-state index < -0.39 is 0 Å². The number of thiophene rings is 1. The summed E-state index contributed by atoms with van der Waals surface area (Å²) in [6, 6.07) is 5.65. The number of aromatic nitrogens is 1. The van der Waals surface area contributed by atoms with Gasteiger partial charge in [-0.05, 0) is 24.4 Å². The lowest BCUT2D eigenvalue weighted by Crippen LogP contribution is -2.30. The van der Waals surface area contributed by atoms with Gasteiger partial charge in [0.15, 0.2) is 0 Å². The second-order valence-electron chi connectivity index (χ2n) is 3.86. The van der Waals surface area contributed by atoms with Crippen LogP contribution < -0.4 is 5.73 Å². The molecular formula is C13H15N3OS. The molecule has 1 amide bonds. The molecule has 5 heteroatoms. The quantitative estimate of drug-likeness (QED) is 0.919. The largest absolute Gasteiger partial charge is 0.398 e. The van der Waals surface area contributed by atoms with Gasteiger partial charge in [-0.15, -0.1) is 11.3 Å². The van der Waals surface area contributed by atoms with E-state index in [1.807, 2.05) is 24.4 Å². The highest BCUT2D eigenvalue weighted by molar-refractivity contribution is 7.09. The summed E-state index contributed by atoms with van der Waals surface area (Å²) in [4.78, 5) is 19.2. The van der Waals surface area contributed by atoms with E-state index in [2.05, 4.69) is 4.98 Å². The van der Waals surface area contributed by atoms with Crippen molar-refractivity contribution in [2.45, 2.75) is 13.5 Å². The topological polar surface area (TPSA) is 59.2 Å². The van der Waals surface area contributed by atoms with E-state index in [4.69, 9.17) is 5.73 Å². The zero-order valence-corrected chi connectivity index (χ0v) is 11.0. The molecule has 2 aromatic heterocycles. The number of pyridine rings is 1. The summed E-state index contributed by atoms with van der Waals surface area (Å²) in [7, 11) is 0. The number of rotatable bonds is 4. The molecule has 0 radical (unpaired) electrons. The molecule has 0 unspecified atom stereocenters. The summed E-state index contributed by atoms with van der Waals surface area (Å²) in [5.41, 5.74) is 6.74. The highest BCUT2D eigenvalue weighted by atomic mass is 32.1. The number of amides is 1. The molecule has 0 aliphatic carbocycles. The van der Waals surface area contributed by atoms with Crippen molar-refractivity contribution in [3.63, 3.8) is 0 Å². The van der Waals surface area contributed by atoms with Crippen LogP contribution in [-0.2, 0) is 6.54 Å². The summed E-state index contributed by atoms with van der Waals surface area (Å²) in [6.07, 6.45) is 3.11. The van der Waals surface area contributed by atoms with Crippen LogP contribution in [0.5, 0.6) is 0 Å². The molecule has 0 saturated carbocycles. The van der Waals surface area contributed by atoms with Crippen molar-refractivity contribution in [3.05, 3.63) is 46.4 Å². The van der Waals surface area contributed by atoms with Crippen molar-refractivity contribution in [2.75, 3.05) is 12.3 Å². The molecule has 0 spiro atoms. The van der Waals surface area contributed by atoms with Crippen LogP contribution in [0.1, 0.15) is 22.2 Å². The zero-order valence-electron chi connectivity index (χ0n) is 10.2. The fourth-order valence-electron chi connectivity index (χ4n) is 1.67. The van der Waals surface area contributed by atoms with Crippen LogP contribution in [0, 0.1) is 0 Å². The number of nitrogens with two attached hydrogens (primary N) is 1. The first kappa shape index (κ1) is 12.6. The summed E-state index contributed by atoms with van der Waals surface area (Å²) < 4.78 is 0. The van der Waals surface area contributed by atoms with Crippen molar-refractivity contribution >= 4 is 22.9 Å². The maximum atomic E-state index is 12.3. The summed E-state index contributed by atoms with van der Waals surface area (Å²) in [6.45, 7) is 3.21. The van der Waals surface area contributed by atoms with E-state index in [1.54, 1.807) is 28.5 Å².